The van der Waals surface area contributed by atoms with Crippen molar-refractivity contribution in [3.8, 4) is 16.9 Å². The number of hydrogen-bond acceptors (Lipinski definition) is 5. The maximum atomic E-state index is 12.9. The van der Waals surface area contributed by atoms with Crippen LogP contribution in [0.5, 0.6) is 5.75 Å². The van der Waals surface area contributed by atoms with E-state index in [-0.39, 0.29) is 11.9 Å². The highest BCUT2D eigenvalue weighted by molar-refractivity contribution is 6.31. The molecule has 2 aromatic carbocycles. The molecule has 1 amide bonds. The lowest BCUT2D eigenvalue weighted by Gasteiger charge is -2.22. The Morgan fingerprint density at radius 1 is 1.26 bits per heavy atom. The average Bonchev–Trinajstić information content (AvgIpc) is 3.12. The van der Waals surface area contributed by atoms with Crippen molar-refractivity contribution >= 4 is 17.5 Å². The second-order valence-electron chi connectivity index (χ2n) is 6.20. The fraction of sp³-hybridized carbons (Fsp3) is 0.250. The van der Waals surface area contributed by atoms with Crippen LogP contribution in [0.25, 0.3) is 11.1 Å². The number of methoxy groups -OCH3 is 1. The minimum absolute atomic E-state index is 0.152. The molecular weight excluding hydrogens is 366 g/mol. The van der Waals surface area contributed by atoms with Crippen molar-refractivity contribution in [2.24, 2.45) is 0 Å². The van der Waals surface area contributed by atoms with Gasteiger partial charge in [-0.3, -0.25) is 4.79 Å². The lowest BCUT2D eigenvalue weighted by molar-refractivity contribution is 0.0716. The van der Waals surface area contributed by atoms with Crippen LogP contribution in [0.2, 0.25) is 5.02 Å². The van der Waals surface area contributed by atoms with E-state index in [9.17, 15) is 4.79 Å². The summed E-state index contributed by atoms with van der Waals surface area (Å²) in [5, 5.41) is 4.38. The highest BCUT2D eigenvalue weighted by Gasteiger charge is 2.23. The topological polar surface area (TPSA) is 68.5 Å². The molecule has 0 aliphatic carbocycles. The average molecular weight is 386 g/mol. The van der Waals surface area contributed by atoms with E-state index in [1.54, 1.807) is 44.2 Å². The van der Waals surface area contributed by atoms with Crippen LogP contribution < -0.4 is 4.74 Å². The fourth-order valence-electron chi connectivity index (χ4n) is 2.75. The number of aryl methyl sites for hydroxylation is 1. The van der Waals surface area contributed by atoms with Gasteiger partial charge in [-0.2, -0.15) is 4.98 Å². The molecule has 0 aliphatic rings. The molecule has 0 unspecified atom stereocenters. The molecule has 0 saturated carbocycles. The first-order chi connectivity index (χ1) is 12.9. The third-order valence-corrected chi connectivity index (χ3v) is 4.62. The molecule has 27 heavy (non-hydrogen) atoms. The van der Waals surface area contributed by atoms with Gasteiger partial charge in [-0.1, -0.05) is 28.9 Å². The van der Waals surface area contributed by atoms with Crippen molar-refractivity contribution in [1.29, 1.82) is 0 Å². The van der Waals surface area contributed by atoms with Gasteiger partial charge in [-0.15, -0.1) is 0 Å². The van der Waals surface area contributed by atoms with E-state index in [1.807, 2.05) is 31.2 Å². The van der Waals surface area contributed by atoms with Crippen LogP contribution in [0.1, 0.15) is 35.0 Å². The van der Waals surface area contributed by atoms with Gasteiger partial charge in [-0.25, -0.2) is 0 Å². The van der Waals surface area contributed by atoms with Crippen LogP contribution in [0, 0.1) is 6.92 Å². The fourth-order valence-corrected chi connectivity index (χ4v) is 2.93. The number of carbonyl (C=O) groups is 1. The summed E-state index contributed by atoms with van der Waals surface area (Å²) in [6, 6.07) is 12.4. The quantitative estimate of drug-likeness (QED) is 0.644. The molecule has 3 rings (SSSR count). The molecule has 7 heteroatoms. The Labute approximate surface area is 162 Å². The minimum Gasteiger partial charge on any atom is -0.496 e. The molecule has 3 aromatic rings. The molecule has 6 nitrogen and oxygen atoms in total. The summed E-state index contributed by atoms with van der Waals surface area (Å²) in [7, 11) is 3.31. The van der Waals surface area contributed by atoms with Crippen LogP contribution in [0.15, 0.2) is 47.0 Å². The molecule has 1 heterocycles. The Bertz CT molecular complexity index is 971. The standard InChI is InChI=1S/C20H20ClN3O3/c1-12(19-22-13(2)23-27-19)24(3)20(25)15-7-5-6-14(10-15)17-11-16(21)8-9-18(17)26-4/h5-12H,1-4H3/t12-/m0/s1. The van der Waals surface area contributed by atoms with Crippen molar-refractivity contribution < 1.29 is 14.1 Å². The van der Waals surface area contributed by atoms with E-state index in [2.05, 4.69) is 10.1 Å². The molecule has 1 aromatic heterocycles. The van der Waals surface area contributed by atoms with Crippen LogP contribution in [-0.4, -0.2) is 35.1 Å². The van der Waals surface area contributed by atoms with Gasteiger partial charge < -0.3 is 14.2 Å². The van der Waals surface area contributed by atoms with Gasteiger partial charge in [0, 0.05) is 23.2 Å². The third kappa shape index (κ3) is 3.95. The summed E-state index contributed by atoms with van der Waals surface area (Å²) in [6.07, 6.45) is 0. The molecule has 0 bridgehead atoms. The molecule has 1 atom stereocenters. The van der Waals surface area contributed by atoms with Crippen molar-refractivity contribution in [1.82, 2.24) is 15.0 Å². The van der Waals surface area contributed by atoms with Crippen molar-refractivity contribution in [2.75, 3.05) is 14.2 Å². The number of nitrogens with zero attached hydrogens (tertiary/aromatic N) is 3. The van der Waals surface area contributed by atoms with E-state index in [4.69, 9.17) is 20.9 Å². The molecule has 140 valence electrons. The first-order valence-electron chi connectivity index (χ1n) is 8.42. The predicted octanol–water partition coefficient (Wildman–Crippen LogP) is 4.54. The molecule has 0 radical (unpaired) electrons. The van der Waals surface area contributed by atoms with Gasteiger partial charge in [0.2, 0.25) is 5.89 Å². The monoisotopic (exact) mass is 385 g/mol. The largest absolute Gasteiger partial charge is 0.496 e. The van der Waals surface area contributed by atoms with Crippen LogP contribution >= 0.6 is 11.6 Å². The number of ether oxygens (including phenoxy) is 1. The SMILES string of the molecule is COc1ccc(Cl)cc1-c1cccc(C(=O)N(C)[C@@H](C)c2nc(C)no2)c1. The minimum atomic E-state index is -0.344. The Morgan fingerprint density at radius 3 is 2.70 bits per heavy atom. The molecule has 0 saturated heterocycles. The maximum Gasteiger partial charge on any atom is 0.254 e. The van der Waals surface area contributed by atoms with Gasteiger partial charge in [0.05, 0.1) is 7.11 Å². The normalized spacial score (nSPS) is 11.9. The zero-order valence-electron chi connectivity index (χ0n) is 15.6. The first kappa shape index (κ1) is 18.9. The van der Waals surface area contributed by atoms with Gasteiger partial charge in [-0.05, 0) is 49.7 Å². The van der Waals surface area contributed by atoms with E-state index in [0.717, 1.165) is 11.1 Å². The number of halogens is 1. The van der Waals surface area contributed by atoms with Crippen LogP contribution in [0.3, 0.4) is 0 Å². The van der Waals surface area contributed by atoms with Gasteiger partial charge in [0.15, 0.2) is 5.82 Å². The summed E-state index contributed by atoms with van der Waals surface area (Å²) in [6.45, 7) is 3.58. The van der Waals surface area contributed by atoms with Gasteiger partial charge in [0.25, 0.3) is 5.91 Å². The first-order valence-corrected chi connectivity index (χ1v) is 8.80. The number of aromatic nitrogens is 2. The highest BCUT2D eigenvalue weighted by Crippen LogP contribution is 2.33. The van der Waals surface area contributed by atoms with E-state index < -0.39 is 0 Å². The van der Waals surface area contributed by atoms with Crippen molar-refractivity contribution in [2.45, 2.75) is 19.9 Å². The summed E-state index contributed by atoms with van der Waals surface area (Å²) in [5.74, 6) is 1.47. The number of amides is 1. The summed E-state index contributed by atoms with van der Waals surface area (Å²) in [4.78, 5) is 18.7. The highest BCUT2D eigenvalue weighted by atomic mass is 35.5. The van der Waals surface area contributed by atoms with Crippen molar-refractivity contribution in [3.63, 3.8) is 0 Å². The maximum absolute atomic E-state index is 12.9. The molecular formula is C20H20ClN3O3. The van der Waals surface area contributed by atoms with Gasteiger partial charge in [0.1, 0.15) is 11.8 Å². The molecule has 0 fully saturated rings. The summed E-state index contributed by atoms with van der Waals surface area (Å²) >= 11 is 6.13. The van der Waals surface area contributed by atoms with E-state index >= 15 is 0 Å². The molecule has 0 spiro atoms. The van der Waals surface area contributed by atoms with E-state index in [1.165, 1.54) is 0 Å². The molecule has 0 N–H and O–H groups in total. The molecule has 0 aliphatic heterocycles. The van der Waals surface area contributed by atoms with Gasteiger partial charge >= 0.3 is 0 Å². The number of carbonyl (C=O) groups excluding carboxylic acids is 1. The Hall–Kier alpha value is -2.86. The van der Waals surface area contributed by atoms with Crippen LogP contribution in [-0.2, 0) is 0 Å². The van der Waals surface area contributed by atoms with E-state index in [0.29, 0.717) is 28.1 Å². The second kappa shape index (κ2) is 7.80. The zero-order chi connectivity index (χ0) is 19.6. The summed E-state index contributed by atoms with van der Waals surface area (Å²) in [5.41, 5.74) is 2.21. The Morgan fingerprint density at radius 2 is 2.04 bits per heavy atom. The number of rotatable bonds is 5. The lowest BCUT2D eigenvalue weighted by Crippen LogP contribution is -2.29. The number of benzene rings is 2. The number of hydrogen-bond donors (Lipinski definition) is 0. The predicted molar refractivity (Wildman–Crippen MR) is 103 cm³/mol. The Kier molecular flexibility index (Phi) is 5.46. The zero-order valence-corrected chi connectivity index (χ0v) is 16.3. The second-order valence-corrected chi connectivity index (χ2v) is 6.63. The smallest absolute Gasteiger partial charge is 0.254 e. The lowest BCUT2D eigenvalue weighted by atomic mass is 10.0. The Balaban J connectivity index is 1.91. The third-order valence-electron chi connectivity index (χ3n) is 4.38. The summed E-state index contributed by atoms with van der Waals surface area (Å²) < 4.78 is 10.6. The van der Waals surface area contributed by atoms with Crippen molar-refractivity contribution in [3.05, 3.63) is 64.8 Å². The van der Waals surface area contributed by atoms with Crippen LogP contribution in [0.4, 0.5) is 0 Å².